The van der Waals surface area contributed by atoms with Gasteiger partial charge in [0.25, 0.3) is 5.91 Å². The largest absolute Gasteiger partial charge is 0.462 e. The van der Waals surface area contributed by atoms with Crippen LogP contribution < -0.4 is 5.32 Å². The number of aromatic nitrogens is 2. The van der Waals surface area contributed by atoms with Crippen LogP contribution in [0.1, 0.15) is 33.2 Å². The Kier molecular flexibility index (Phi) is 5.92. The third kappa shape index (κ3) is 4.43. The zero-order valence-corrected chi connectivity index (χ0v) is 15.7. The highest BCUT2D eigenvalue weighted by atomic mass is 19.1. The van der Waals surface area contributed by atoms with Gasteiger partial charge < -0.3 is 10.1 Å². The normalized spacial score (nSPS) is 10.5. The van der Waals surface area contributed by atoms with Gasteiger partial charge in [0.15, 0.2) is 5.82 Å². The number of hydrogen-bond donors (Lipinski definition) is 1. The van der Waals surface area contributed by atoms with Gasteiger partial charge in [-0.15, -0.1) is 0 Å². The monoisotopic (exact) mass is 397 g/mol. The lowest BCUT2D eigenvalue weighted by Gasteiger charge is -2.09. The molecule has 0 atom stereocenters. The summed E-state index contributed by atoms with van der Waals surface area (Å²) in [5.41, 5.74) is 1.77. The zero-order chi connectivity index (χ0) is 21.0. The molecule has 8 heteroatoms. The number of benzene rings is 2. The Morgan fingerprint density at radius 3 is 2.38 bits per heavy atom. The van der Waals surface area contributed by atoms with Gasteiger partial charge in [0.05, 0.1) is 30.3 Å². The second-order valence-corrected chi connectivity index (χ2v) is 6.09. The van der Waals surface area contributed by atoms with E-state index in [9.17, 15) is 18.4 Å². The molecule has 0 unspecified atom stereocenters. The maximum absolute atomic E-state index is 13.7. The summed E-state index contributed by atoms with van der Waals surface area (Å²) in [5, 5.41) is 2.32. The number of halogens is 2. The summed E-state index contributed by atoms with van der Waals surface area (Å²) in [6, 6.07) is 8.19. The van der Waals surface area contributed by atoms with E-state index in [2.05, 4.69) is 15.3 Å². The fourth-order valence-corrected chi connectivity index (χ4v) is 2.72. The molecule has 1 amide bonds. The second-order valence-electron chi connectivity index (χ2n) is 6.09. The van der Waals surface area contributed by atoms with Crippen molar-refractivity contribution in [3.8, 4) is 11.3 Å². The lowest BCUT2D eigenvalue weighted by molar-refractivity contribution is 0.0526. The molecule has 6 nitrogen and oxygen atoms in total. The smallest absolute Gasteiger partial charge is 0.338 e. The third-order valence-electron chi connectivity index (χ3n) is 4.10. The van der Waals surface area contributed by atoms with Gasteiger partial charge in [0.1, 0.15) is 17.2 Å². The van der Waals surface area contributed by atoms with Crippen molar-refractivity contribution in [1.29, 1.82) is 0 Å². The molecule has 0 aliphatic heterocycles. The molecule has 0 saturated heterocycles. The average Bonchev–Trinajstić information content (AvgIpc) is 2.69. The molecule has 3 rings (SSSR count). The maximum Gasteiger partial charge on any atom is 0.338 e. The van der Waals surface area contributed by atoms with Crippen molar-refractivity contribution in [3.63, 3.8) is 0 Å². The van der Waals surface area contributed by atoms with Crippen LogP contribution in [0.5, 0.6) is 0 Å². The Hall–Kier alpha value is -3.68. The summed E-state index contributed by atoms with van der Waals surface area (Å²) < 4.78 is 32.4. The summed E-state index contributed by atoms with van der Waals surface area (Å²) in [4.78, 5) is 32.2. The van der Waals surface area contributed by atoms with Gasteiger partial charge >= 0.3 is 5.97 Å². The number of nitrogens with one attached hydrogen (secondary N) is 1. The Labute approximate surface area is 165 Å². The van der Waals surface area contributed by atoms with Crippen LogP contribution in [0.4, 0.5) is 14.6 Å². The highest BCUT2D eigenvalue weighted by Gasteiger charge is 2.18. The van der Waals surface area contributed by atoms with E-state index in [0.717, 1.165) is 23.3 Å². The van der Waals surface area contributed by atoms with E-state index < -0.39 is 29.1 Å². The molecule has 29 heavy (non-hydrogen) atoms. The maximum atomic E-state index is 13.7. The highest BCUT2D eigenvalue weighted by molar-refractivity contribution is 6.04. The average molecular weight is 397 g/mol. The molecule has 0 aliphatic rings. The quantitative estimate of drug-likeness (QED) is 0.654. The van der Waals surface area contributed by atoms with E-state index in [1.807, 2.05) is 6.92 Å². The molecule has 0 aliphatic carbocycles. The van der Waals surface area contributed by atoms with Gasteiger partial charge in [-0.1, -0.05) is 12.1 Å². The summed E-state index contributed by atoms with van der Waals surface area (Å²) >= 11 is 0. The summed E-state index contributed by atoms with van der Waals surface area (Å²) in [6.07, 6.45) is 2.70. The van der Waals surface area contributed by atoms with Crippen LogP contribution in [0.15, 0.2) is 48.8 Å². The number of anilines is 1. The topological polar surface area (TPSA) is 81.2 Å². The first-order chi connectivity index (χ1) is 13.9. The molecule has 0 spiro atoms. The fourth-order valence-electron chi connectivity index (χ4n) is 2.72. The van der Waals surface area contributed by atoms with Crippen molar-refractivity contribution in [3.05, 3.63) is 77.1 Å². The van der Waals surface area contributed by atoms with Gasteiger partial charge in [0.2, 0.25) is 0 Å². The first-order valence-electron chi connectivity index (χ1n) is 8.76. The highest BCUT2D eigenvalue weighted by Crippen LogP contribution is 2.23. The number of amides is 1. The van der Waals surface area contributed by atoms with Gasteiger partial charge in [0, 0.05) is 5.56 Å². The van der Waals surface area contributed by atoms with Crippen molar-refractivity contribution >= 4 is 17.7 Å². The van der Waals surface area contributed by atoms with Gasteiger partial charge in [-0.05, 0) is 43.7 Å². The van der Waals surface area contributed by atoms with Gasteiger partial charge in [-0.3, -0.25) is 9.78 Å². The number of carbonyl (C=O) groups is 2. The van der Waals surface area contributed by atoms with Crippen LogP contribution in [0.2, 0.25) is 0 Å². The number of hydrogen-bond acceptors (Lipinski definition) is 5. The minimum atomic E-state index is -0.968. The number of ether oxygens (including phenoxy) is 1. The molecule has 0 fully saturated rings. The Bertz CT molecular complexity index is 1050. The van der Waals surface area contributed by atoms with Crippen LogP contribution in [0.25, 0.3) is 11.3 Å². The van der Waals surface area contributed by atoms with E-state index >= 15 is 0 Å². The first-order valence-corrected chi connectivity index (χ1v) is 8.76. The predicted molar refractivity (Wildman–Crippen MR) is 102 cm³/mol. The van der Waals surface area contributed by atoms with Crippen molar-refractivity contribution in [2.24, 2.45) is 0 Å². The van der Waals surface area contributed by atoms with E-state index in [1.54, 1.807) is 25.1 Å². The number of carbonyl (C=O) groups excluding carboxylic acids is 2. The molecule has 1 N–H and O–H groups in total. The lowest BCUT2D eigenvalue weighted by atomic mass is 10.0. The molecule has 0 bridgehead atoms. The van der Waals surface area contributed by atoms with Gasteiger partial charge in [-0.25, -0.2) is 18.6 Å². The van der Waals surface area contributed by atoms with Crippen molar-refractivity contribution in [1.82, 2.24) is 9.97 Å². The molecule has 148 valence electrons. The van der Waals surface area contributed by atoms with Gasteiger partial charge in [-0.2, -0.15) is 0 Å². The Morgan fingerprint density at radius 2 is 1.79 bits per heavy atom. The predicted octanol–water partition coefficient (Wildman–Crippen LogP) is 4.16. The van der Waals surface area contributed by atoms with Crippen LogP contribution >= 0.6 is 0 Å². The van der Waals surface area contributed by atoms with Crippen molar-refractivity contribution < 1.29 is 23.1 Å². The molecular weight excluding hydrogens is 380 g/mol. The molecule has 1 heterocycles. The van der Waals surface area contributed by atoms with E-state index in [-0.39, 0.29) is 12.4 Å². The Balaban J connectivity index is 1.78. The molecule has 0 radical (unpaired) electrons. The molecule has 0 saturated carbocycles. The lowest BCUT2D eigenvalue weighted by Crippen LogP contribution is -2.16. The van der Waals surface area contributed by atoms with Crippen LogP contribution in [0.3, 0.4) is 0 Å². The summed E-state index contributed by atoms with van der Waals surface area (Å²) in [7, 11) is 0. The number of esters is 1. The zero-order valence-electron chi connectivity index (χ0n) is 15.7. The molecule has 2 aromatic carbocycles. The standard InChI is InChI=1S/C21H17F2N3O3/c1-3-29-21(28)13-7-8-14(12(2)9-13)17-10-25-18(11-24-17)26-20(27)19-15(22)5-4-6-16(19)23/h4-11H,3H2,1-2H3,(H,25,26,27). The van der Waals surface area contributed by atoms with E-state index in [4.69, 9.17) is 4.74 Å². The molecule has 3 aromatic rings. The van der Waals surface area contributed by atoms with E-state index in [0.29, 0.717) is 11.3 Å². The Morgan fingerprint density at radius 1 is 1.07 bits per heavy atom. The second kappa shape index (κ2) is 8.55. The molecular formula is C21H17F2N3O3. The van der Waals surface area contributed by atoms with Crippen molar-refractivity contribution in [2.75, 3.05) is 11.9 Å². The summed E-state index contributed by atoms with van der Waals surface area (Å²) in [5.74, 6) is -3.26. The number of rotatable bonds is 5. The third-order valence-corrected chi connectivity index (χ3v) is 4.10. The van der Waals surface area contributed by atoms with Crippen LogP contribution in [0, 0.1) is 18.6 Å². The van der Waals surface area contributed by atoms with Crippen LogP contribution in [-0.2, 0) is 4.74 Å². The van der Waals surface area contributed by atoms with E-state index in [1.165, 1.54) is 18.5 Å². The minimum absolute atomic E-state index is 0.0437. The van der Waals surface area contributed by atoms with Crippen LogP contribution in [-0.4, -0.2) is 28.5 Å². The SMILES string of the molecule is CCOC(=O)c1ccc(-c2cnc(NC(=O)c3c(F)cccc3F)cn2)c(C)c1. The number of aryl methyl sites for hydroxylation is 1. The van der Waals surface area contributed by atoms with Crippen molar-refractivity contribution in [2.45, 2.75) is 13.8 Å². The number of nitrogens with zero attached hydrogens (tertiary/aromatic N) is 2. The summed E-state index contributed by atoms with van der Waals surface area (Å²) in [6.45, 7) is 3.83. The first kappa shape index (κ1) is 20.1. The molecule has 1 aromatic heterocycles. The minimum Gasteiger partial charge on any atom is -0.462 e. The fraction of sp³-hybridized carbons (Fsp3) is 0.143.